The second kappa shape index (κ2) is 5.71. The molecule has 1 aliphatic heterocycles. The van der Waals surface area contributed by atoms with Crippen molar-refractivity contribution in [2.24, 2.45) is 0 Å². The van der Waals surface area contributed by atoms with Crippen LogP contribution in [-0.4, -0.2) is 38.2 Å². The quantitative estimate of drug-likeness (QED) is 0.929. The van der Waals surface area contributed by atoms with Crippen LogP contribution in [0.5, 0.6) is 0 Å². The molecular weight excluding hydrogens is 250 g/mol. The van der Waals surface area contributed by atoms with Gasteiger partial charge in [0.15, 0.2) is 0 Å². The molecular formula is C15H21N5. The predicted molar refractivity (Wildman–Crippen MR) is 77.3 cm³/mol. The molecule has 0 amide bonds. The molecule has 2 aromatic rings. The van der Waals surface area contributed by atoms with Gasteiger partial charge in [0, 0.05) is 35.6 Å². The first-order valence-electron chi connectivity index (χ1n) is 7.22. The monoisotopic (exact) mass is 271 g/mol. The molecule has 0 aliphatic carbocycles. The van der Waals surface area contributed by atoms with Gasteiger partial charge >= 0.3 is 0 Å². The van der Waals surface area contributed by atoms with Crippen LogP contribution < -0.4 is 0 Å². The second-order valence-corrected chi connectivity index (χ2v) is 5.60. The maximum atomic E-state index is 4.39. The number of hydrogen-bond acceptors (Lipinski definition) is 4. The minimum Gasteiger partial charge on any atom is -0.299 e. The number of aromatic amines is 1. The topological polar surface area (TPSA) is 57.7 Å². The number of aryl methyl sites for hydroxylation is 2. The second-order valence-electron chi connectivity index (χ2n) is 5.60. The largest absolute Gasteiger partial charge is 0.299 e. The third kappa shape index (κ3) is 2.72. The Balaban J connectivity index is 1.59. The molecule has 5 heteroatoms. The van der Waals surface area contributed by atoms with Crippen molar-refractivity contribution in [3.8, 4) is 0 Å². The van der Waals surface area contributed by atoms with E-state index in [1.165, 1.54) is 29.8 Å². The Morgan fingerprint density at radius 2 is 2.10 bits per heavy atom. The van der Waals surface area contributed by atoms with Crippen LogP contribution in [0.4, 0.5) is 0 Å². The van der Waals surface area contributed by atoms with E-state index in [9.17, 15) is 0 Å². The van der Waals surface area contributed by atoms with Crippen LogP contribution in [0, 0.1) is 13.8 Å². The highest BCUT2D eigenvalue weighted by molar-refractivity contribution is 5.23. The van der Waals surface area contributed by atoms with Crippen molar-refractivity contribution < 1.29 is 0 Å². The maximum Gasteiger partial charge on any atom is 0.115 e. The first-order valence-corrected chi connectivity index (χ1v) is 7.22. The van der Waals surface area contributed by atoms with Gasteiger partial charge in [-0.1, -0.05) is 0 Å². The number of piperidine rings is 1. The van der Waals surface area contributed by atoms with Crippen LogP contribution in [-0.2, 0) is 6.54 Å². The molecule has 5 nitrogen and oxygen atoms in total. The lowest BCUT2D eigenvalue weighted by Crippen LogP contribution is -2.33. The summed E-state index contributed by atoms with van der Waals surface area (Å²) in [6.07, 6.45) is 5.84. The molecule has 1 N–H and O–H groups in total. The van der Waals surface area contributed by atoms with Crippen LogP contribution in [0.25, 0.3) is 0 Å². The van der Waals surface area contributed by atoms with E-state index >= 15 is 0 Å². The van der Waals surface area contributed by atoms with E-state index in [4.69, 9.17) is 0 Å². The van der Waals surface area contributed by atoms with Gasteiger partial charge < -0.3 is 0 Å². The first-order chi connectivity index (χ1) is 9.74. The van der Waals surface area contributed by atoms with Gasteiger partial charge in [0.1, 0.15) is 6.33 Å². The summed E-state index contributed by atoms with van der Waals surface area (Å²) in [7, 11) is 0. The number of nitrogens with zero attached hydrogens (tertiary/aromatic N) is 4. The molecule has 0 radical (unpaired) electrons. The Morgan fingerprint density at radius 1 is 1.30 bits per heavy atom. The highest BCUT2D eigenvalue weighted by Crippen LogP contribution is 2.27. The molecule has 2 aromatic heterocycles. The van der Waals surface area contributed by atoms with Crippen LogP contribution >= 0.6 is 0 Å². The van der Waals surface area contributed by atoms with Crippen molar-refractivity contribution in [3.63, 3.8) is 0 Å². The molecule has 0 atom stereocenters. The molecule has 20 heavy (non-hydrogen) atoms. The summed E-state index contributed by atoms with van der Waals surface area (Å²) < 4.78 is 0. The smallest absolute Gasteiger partial charge is 0.115 e. The number of rotatable bonds is 3. The summed E-state index contributed by atoms with van der Waals surface area (Å²) in [6.45, 7) is 7.43. The summed E-state index contributed by atoms with van der Waals surface area (Å²) in [6, 6.07) is 2.05. The fourth-order valence-corrected chi connectivity index (χ4v) is 2.96. The maximum absolute atomic E-state index is 4.39. The third-order valence-corrected chi connectivity index (χ3v) is 4.27. The lowest BCUT2D eigenvalue weighted by Gasteiger charge is -2.31. The number of nitrogens with one attached hydrogen (secondary N) is 1. The highest BCUT2D eigenvalue weighted by Gasteiger charge is 2.22. The Labute approximate surface area is 119 Å². The van der Waals surface area contributed by atoms with E-state index in [-0.39, 0.29) is 0 Å². The summed E-state index contributed by atoms with van der Waals surface area (Å²) in [4.78, 5) is 10.9. The Hall–Kier alpha value is -1.75. The molecule has 1 aliphatic rings. The van der Waals surface area contributed by atoms with Crippen LogP contribution in [0.15, 0.2) is 18.6 Å². The van der Waals surface area contributed by atoms with Crippen molar-refractivity contribution in [3.05, 3.63) is 41.2 Å². The molecule has 0 unspecified atom stereocenters. The first kappa shape index (κ1) is 13.2. The Morgan fingerprint density at radius 3 is 2.70 bits per heavy atom. The van der Waals surface area contributed by atoms with E-state index in [0.29, 0.717) is 5.92 Å². The van der Waals surface area contributed by atoms with E-state index in [1.807, 2.05) is 12.3 Å². The van der Waals surface area contributed by atoms with E-state index in [1.54, 1.807) is 6.33 Å². The van der Waals surface area contributed by atoms with Gasteiger partial charge in [0.25, 0.3) is 0 Å². The van der Waals surface area contributed by atoms with E-state index < -0.39 is 0 Å². The van der Waals surface area contributed by atoms with Gasteiger partial charge in [-0.2, -0.15) is 5.10 Å². The Kier molecular flexibility index (Phi) is 3.78. The zero-order valence-electron chi connectivity index (χ0n) is 12.1. The van der Waals surface area contributed by atoms with Crippen LogP contribution in [0.2, 0.25) is 0 Å². The van der Waals surface area contributed by atoms with E-state index in [0.717, 1.165) is 25.3 Å². The molecule has 1 saturated heterocycles. The Bertz CT molecular complexity index is 535. The van der Waals surface area contributed by atoms with Crippen LogP contribution in [0.1, 0.15) is 41.4 Å². The standard InChI is InChI=1S/C15H21N5/c1-11-14(12(2)19-18-11)9-20-7-4-13(5-8-20)15-3-6-16-10-17-15/h3,6,10,13H,4-5,7-9H2,1-2H3,(H,18,19). The average molecular weight is 271 g/mol. The third-order valence-electron chi connectivity index (χ3n) is 4.27. The summed E-state index contributed by atoms with van der Waals surface area (Å²) in [5, 5.41) is 7.34. The van der Waals surface area contributed by atoms with Gasteiger partial charge in [0.2, 0.25) is 0 Å². The number of hydrogen-bond donors (Lipinski definition) is 1. The lowest BCUT2D eigenvalue weighted by molar-refractivity contribution is 0.202. The molecule has 3 heterocycles. The molecule has 106 valence electrons. The average Bonchev–Trinajstić information content (AvgIpc) is 2.81. The SMILES string of the molecule is Cc1n[nH]c(C)c1CN1CCC(c2ccncn2)CC1. The minimum atomic E-state index is 0.584. The van der Waals surface area contributed by atoms with Gasteiger partial charge in [-0.3, -0.25) is 10.00 Å². The zero-order valence-corrected chi connectivity index (χ0v) is 12.1. The zero-order chi connectivity index (χ0) is 13.9. The number of H-pyrrole nitrogens is 1. The van der Waals surface area contributed by atoms with E-state index in [2.05, 4.69) is 38.9 Å². The van der Waals surface area contributed by atoms with Crippen molar-refractivity contribution >= 4 is 0 Å². The van der Waals surface area contributed by atoms with Gasteiger partial charge in [-0.15, -0.1) is 0 Å². The molecule has 0 spiro atoms. The van der Waals surface area contributed by atoms with Crippen molar-refractivity contribution in [1.82, 2.24) is 25.1 Å². The number of aromatic nitrogens is 4. The minimum absolute atomic E-state index is 0.584. The summed E-state index contributed by atoms with van der Waals surface area (Å²) >= 11 is 0. The van der Waals surface area contributed by atoms with Gasteiger partial charge in [0.05, 0.1) is 5.69 Å². The molecule has 0 aromatic carbocycles. The van der Waals surface area contributed by atoms with Crippen molar-refractivity contribution in [1.29, 1.82) is 0 Å². The number of likely N-dealkylation sites (tertiary alicyclic amines) is 1. The van der Waals surface area contributed by atoms with Crippen LogP contribution in [0.3, 0.4) is 0 Å². The highest BCUT2D eigenvalue weighted by atomic mass is 15.2. The van der Waals surface area contributed by atoms with Crippen molar-refractivity contribution in [2.75, 3.05) is 13.1 Å². The normalized spacial score (nSPS) is 17.5. The molecule has 0 bridgehead atoms. The lowest BCUT2D eigenvalue weighted by atomic mass is 9.93. The van der Waals surface area contributed by atoms with Crippen molar-refractivity contribution in [2.45, 2.75) is 39.2 Å². The molecule has 0 saturated carbocycles. The van der Waals surface area contributed by atoms with Gasteiger partial charge in [-0.05, 0) is 45.8 Å². The fourth-order valence-electron chi connectivity index (χ4n) is 2.96. The summed E-state index contributed by atoms with van der Waals surface area (Å²) in [5.74, 6) is 0.584. The summed E-state index contributed by atoms with van der Waals surface area (Å²) in [5.41, 5.74) is 4.86. The molecule has 1 fully saturated rings. The fraction of sp³-hybridized carbons (Fsp3) is 0.533. The van der Waals surface area contributed by atoms with Gasteiger partial charge in [-0.25, -0.2) is 9.97 Å². The molecule has 3 rings (SSSR count). The predicted octanol–water partition coefficient (Wildman–Crippen LogP) is 2.20.